The number of nitrogens with zero attached hydrogens (tertiary/aromatic N) is 1. The number of para-hydroxylation sites is 1. The fourth-order valence-corrected chi connectivity index (χ4v) is 3.03. The minimum absolute atomic E-state index is 0.483. The molecule has 2 aliphatic carbocycles. The number of nitrogens with one attached hydrogen (secondary N) is 1. The van der Waals surface area contributed by atoms with Crippen molar-refractivity contribution in [3.63, 3.8) is 0 Å². The van der Waals surface area contributed by atoms with E-state index >= 15 is 0 Å². The van der Waals surface area contributed by atoms with Crippen molar-refractivity contribution in [1.29, 1.82) is 0 Å². The van der Waals surface area contributed by atoms with E-state index in [9.17, 15) is 0 Å². The predicted molar refractivity (Wildman–Crippen MR) is 81.6 cm³/mol. The number of hydrogen-bond acceptors (Lipinski definition) is 2. The molecule has 3 rings (SSSR count). The molecule has 2 saturated carbocycles. The second-order valence-electron chi connectivity index (χ2n) is 6.14. The molecule has 104 valence electrons. The Kier molecular flexibility index (Phi) is 3.79. The van der Waals surface area contributed by atoms with Crippen LogP contribution in [0.25, 0.3) is 0 Å². The molecule has 1 atom stereocenters. The van der Waals surface area contributed by atoms with E-state index in [1.807, 2.05) is 0 Å². The highest BCUT2D eigenvalue weighted by Gasteiger charge is 2.35. The number of anilines is 1. The second-order valence-corrected chi connectivity index (χ2v) is 6.14. The molecule has 0 saturated heterocycles. The minimum atomic E-state index is 0.483. The van der Waals surface area contributed by atoms with E-state index in [0.717, 1.165) is 18.4 Å². The van der Waals surface area contributed by atoms with Crippen molar-refractivity contribution in [3.8, 4) is 0 Å². The Bertz CT molecular complexity index is 417. The van der Waals surface area contributed by atoms with Crippen molar-refractivity contribution in [1.82, 2.24) is 5.32 Å². The van der Waals surface area contributed by atoms with Crippen molar-refractivity contribution >= 4 is 5.69 Å². The zero-order valence-corrected chi connectivity index (χ0v) is 12.2. The average molecular weight is 258 g/mol. The first-order valence-electron chi connectivity index (χ1n) is 7.86. The summed E-state index contributed by atoms with van der Waals surface area (Å²) in [7, 11) is 2.08. The first kappa shape index (κ1) is 13.0. The molecule has 1 aromatic carbocycles. The van der Waals surface area contributed by atoms with Crippen LogP contribution in [0.3, 0.4) is 0 Å². The van der Waals surface area contributed by atoms with Crippen LogP contribution in [0.1, 0.15) is 50.6 Å². The summed E-state index contributed by atoms with van der Waals surface area (Å²) < 4.78 is 0. The Labute approximate surface area is 117 Å². The van der Waals surface area contributed by atoms with Crippen LogP contribution in [0.15, 0.2) is 24.3 Å². The van der Waals surface area contributed by atoms with Gasteiger partial charge in [-0.15, -0.1) is 0 Å². The molecule has 2 aliphatic rings. The van der Waals surface area contributed by atoms with Gasteiger partial charge in [0.1, 0.15) is 0 Å². The van der Waals surface area contributed by atoms with Gasteiger partial charge in [0.15, 0.2) is 0 Å². The van der Waals surface area contributed by atoms with Crippen LogP contribution in [0, 0.1) is 5.92 Å². The van der Waals surface area contributed by atoms with Gasteiger partial charge >= 0.3 is 0 Å². The summed E-state index contributed by atoms with van der Waals surface area (Å²) in [6.45, 7) is 3.54. The van der Waals surface area contributed by atoms with Gasteiger partial charge in [-0.05, 0) is 56.7 Å². The Hall–Kier alpha value is -1.02. The van der Waals surface area contributed by atoms with Crippen molar-refractivity contribution in [2.75, 3.05) is 18.5 Å². The fourth-order valence-electron chi connectivity index (χ4n) is 3.03. The fraction of sp³-hybridized carbons (Fsp3) is 0.647. The van der Waals surface area contributed by atoms with Gasteiger partial charge in [0.05, 0.1) is 0 Å². The van der Waals surface area contributed by atoms with Crippen molar-refractivity contribution in [2.45, 2.75) is 51.1 Å². The number of hydrogen-bond donors (Lipinski definition) is 1. The maximum Gasteiger partial charge on any atom is 0.0417 e. The van der Waals surface area contributed by atoms with Crippen LogP contribution < -0.4 is 10.2 Å². The van der Waals surface area contributed by atoms with Gasteiger partial charge in [-0.1, -0.05) is 25.1 Å². The van der Waals surface area contributed by atoms with Crippen LogP contribution in [0.5, 0.6) is 0 Å². The van der Waals surface area contributed by atoms with Crippen LogP contribution >= 0.6 is 0 Å². The lowest BCUT2D eigenvalue weighted by atomic mass is 10.0. The summed E-state index contributed by atoms with van der Waals surface area (Å²) in [6, 6.07) is 10.3. The Balaban J connectivity index is 1.87. The SMILES string of the molecule is CCC(NC)c1ccccc1N(CC1CC1)C1CC1. The lowest BCUT2D eigenvalue weighted by molar-refractivity contribution is 0.572. The zero-order chi connectivity index (χ0) is 13.2. The summed E-state index contributed by atoms with van der Waals surface area (Å²) in [5.74, 6) is 0.961. The number of benzene rings is 1. The molecule has 0 spiro atoms. The number of rotatable bonds is 7. The summed E-state index contributed by atoms with van der Waals surface area (Å²) in [4.78, 5) is 2.70. The standard InChI is InChI=1S/C17H26N2/c1-3-16(18-2)15-6-4-5-7-17(15)19(14-10-11-14)12-13-8-9-13/h4-7,13-14,16,18H,3,8-12H2,1-2H3. The van der Waals surface area contributed by atoms with Crippen LogP contribution in [0.2, 0.25) is 0 Å². The molecule has 19 heavy (non-hydrogen) atoms. The summed E-state index contributed by atoms with van der Waals surface area (Å²) >= 11 is 0. The predicted octanol–water partition coefficient (Wildman–Crippen LogP) is 3.74. The van der Waals surface area contributed by atoms with Crippen LogP contribution in [-0.4, -0.2) is 19.6 Å². The Morgan fingerprint density at radius 1 is 1.21 bits per heavy atom. The Morgan fingerprint density at radius 2 is 1.95 bits per heavy atom. The highest BCUT2D eigenvalue weighted by Crippen LogP contribution is 2.40. The molecule has 1 aromatic rings. The molecule has 0 heterocycles. The molecule has 0 aromatic heterocycles. The molecule has 0 radical (unpaired) electrons. The van der Waals surface area contributed by atoms with E-state index in [4.69, 9.17) is 0 Å². The third-order valence-electron chi connectivity index (χ3n) is 4.52. The maximum absolute atomic E-state index is 3.46. The van der Waals surface area contributed by atoms with Crippen LogP contribution in [-0.2, 0) is 0 Å². The second kappa shape index (κ2) is 5.54. The molecular weight excluding hydrogens is 232 g/mol. The summed E-state index contributed by atoms with van der Waals surface area (Å²) in [5, 5.41) is 3.46. The lowest BCUT2D eigenvalue weighted by Crippen LogP contribution is -2.30. The van der Waals surface area contributed by atoms with E-state index in [-0.39, 0.29) is 0 Å². The van der Waals surface area contributed by atoms with E-state index in [0.29, 0.717) is 6.04 Å². The third kappa shape index (κ3) is 2.94. The Morgan fingerprint density at radius 3 is 2.53 bits per heavy atom. The normalized spacial score (nSPS) is 20.3. The highest BCUT2D eigenvalue weighted by atomic mass is 15.2. The molecule has 1 N–H and O–H groups in total. The van der Waals surface area contributed by atoms with E-state index < -0.39 is 0 Å². The molecule has 2 nitrogen and oxygen atoms in total. The molecule has 0 aliphatic heterocycles. The van der Waals surface area contributed by atoms with Gasteiger partial charge in [-0.3, -0.25) is 0 Å². The first-order chi connectivity index (χ1) is 9.33. The quantitative estimate of drug-likeness (QED) is 0.801. The molecular formula is C17H26N2. The monoisotopic (exact) mass is 258 g/mol. The van der Waals surface area contributed by atoms with Gasteiger partial charge in [0.2, 0.25) is 0 Å². The average Bonchev–Trinajstić information content (AvgIpc) is 3.31. The molecule has 2 heteroatoms. The minimum Gasteiger partial charge on any atom is -0.368 e. The maximum atomic E-state index is 3.46. The molecule has 0 amide bonds. The van der Waals surface area contributed by atoms with E-state index in [2.05, 4.69) is 48.5 Å². The zero-order valence-electron chi connectivity index (χ0n) is 12.2. The van der Waals surface area contributed by atoms with Crippen LogP contribution in [0.4, 0.5) is 5.69 Å². The van der Waals surface area contributed by atoms with Crippen molar-refractivity contribution in [3.05, 3.63) is 29.8 Å². The highest BCUT2D eigenvalue weighted by molar-refractivity contribution is 5.57. The smallest absolute Gasteiger partial charge is 0.0417 e. The van der Waals surface area contributed by atoms with Gasteiger partial charge in [0, 0.05) is 24.3 Å². The molecule has 1 unspecified atom stereocenters. The lowest BCUT2D eigenvalue weighted by Gasteiger charge is -2.29. The summed E-state index contributed by atoms with van der Waals surface area (Å²) in [6.07, 6.45) is 6.80. The van der Waals surface area contributed by atoms with Crippen molar-refractivity contribution < 1.29 is 0 Å². The molecule has 2 fully saturated rings. The van der Waals surface area contributed by atoms with E-state index in [1.165, 1.54) is 43.5 Å². The summed E-state index contributed by atoms with van der Waals surface area (Å²) in [5.41, 5.74) is 2.97. The third-order valence-corrected chi connectivity index (χ3v) is 4.52. The van der Waals surface area contributed by atoms with Gasteiger partial charge in [0.25, 0.3) is 0 Å². The molecule has 0 bridgehead atoms. The van der Waals surface area contributed by atoms with Crippen molar-refractivity contribution in [2.24, 2.45) is 5.92 Å². The first-order valence-corrected chi connectivity index (χ1v) is 7.86. The van der Waals surface area contributed by atoms with Gasteiger partial charge < -0.3 is 10.2 Å². The van der Waals surface area contributed by atoms with Gasteiger partial charge in [-0.2, -0.15) is 0 Å². The van der Waals surface area contributed by atoms with Gasteiger partial charge in [-0.25, -0.2) is 0 Å². The van der Waals surface area contributed by atoms with E-state index in [1.54, 1.807) is 0 Å². The largest absolute Gasteiger partial charge is 0.368 e. The topological polar surface area (TPSA) is 15.3 Å².